The Balaban J connectivity index is 2.11. The van der Waals surface area contributed by atoms with Gasteiger partial charge in [-0.05, 0) is 37.3 Å². The average molecular weight is 348 g/mol. The largest absolute Gasteiger partial charge is 0.375 e. The molecule has 132 valence electrons. The van der Waals surface area contributed by atoms with Gasteiger partial charge in [-0.15, -0.1) is 0 Å². The number of hydrogen-bond acceptors (Lipinski definition) is 3. The highest BCUT2D eigenvalue weighted by Gasteiger charge is 2.22. The third-order valence-electron chi connectivity index (χ3n) is 3.52. The van der Waals surface area contributed by atoms with E-state index in [9.17, 15) is 18.4 Å². The standard InChI is InChI=1S/C18H18F2N2O3/c1-11(17-14(19)7-4-8-15(17)20)18(24)22-13-6-3-5-12(9-13)21-16(23)10-25-2/h3-9,11H,10H2,1-2H3,(H,21,23)(H,22,24)/t11-/m1/s1. The quantitative estimate of drug-likeness (QED) is 0.842. The second-order valence-corrected chi connectivity index (χ2v) is 5.41. The molecule has 0 aliphatic heterocycles. The molecule has 2 aromatic rings. The fourth-order valence-corrected chi connectivity index (χ4v) is 2.31. The monoisotopic (exact) mass is 348 g/mol. The van der Waals surface area contributed by atoms with Crippen LogP contribution in [0, 0.1) is 11.6 Å². The number of benzene rings is 2. The molecule has 0 unspecified atom stereocenters. The zero-order valence-corrected chi connectivity index (χ0v) is 13.8. The molecular weight excluding hydrogens is 330 g/mol. The summed E-state index contributed by atoms with van der Waals surface area (Å²) >= 11 is 0. The van der Waals surface area contributed by atoms with Crippen molar-refractivity contribution in [3.8, 4) is 0 Å². The van der Waals surface area contributed by atoms with Gasteiger partial charge in [-0.1, -0.05) is 12.1 Å². The van der Waals surface area contributed by atoms with Gasteiger partial charge in [0.05, 0.1) is 5.92 Å². The van der Waals surface area contributed by atoms with E-state index < -0.39 is 23.5 Å². The Labute approximate surface area is 144 Å². The minimum atomic E-state index is -1.02. The van der Waals surface area contributed by atoms with E-state index in [1.54, 1.807) is 18.2 Å². The van der Waals surface area contributed by atoms with Crippen molar-refractivity contribution in [1.82, 2.24) is 0 Å². The van der Waals surface area contributed by atoms with E-state index in [0.29, 0.717) is 11.4 Å². The molecule has 25 heavy (non-hydrogen) atoms. The minimum absolute atomic E-state index is 0.0970. The van der Waals surface area contributed by atoms with Crippen LogP contribution in [0.3, 0.4) is 0 Å². The number of carbonyl (C=O) groups excluding carboxylic acids is 2. The second-order valence-electron chi connectivity index (χ2n) is 5.41. The summed E-state index contributed by atoms with van der Waals surface area (Å²) < 4.78 is 32.3. The van der Waals surface area contributed by atoms with Gasteiger partial charge in [-0.3, -0.25) is 9.59 Å². The predicted molar refractivity (Wildman–Crippen MR) is 90.4 cm³/mol. The number of hydrogen-bond donors (Lipinski definition) is 2. The molecule has 0 bridgehead atoms. The molecule has 0 radical (unpaired) electrons. The van der Waals surface area contributed by atoms with Crippen LogP contribution in [-0.4, -0.2) is 25.5 Å². The molecule has 5 nitrogen and oxygen atoms in total. The molecular formula is C18H18F2N2O3. The number of rotatable bonds is 6. The first-order valence-electron chi connectivity index (χ1n) is 7.56. The molecule has 7 heteroatoms. The third kappa shape index (κ3) is 4.84. The van der Waals surface area contributed by atoms with Crippen molar-refractivity contribution in [2.75, 3.05) is 24.4 Å². The Hall–Kier alpha value is -2.80. The molecule has 0 saturated heterocycles. The first-order valence-corrected chi connectivity index (χ1v) is 7.56. The summed E-state index contributed by atoms with van der Waals surface area (Å²) in [4.78, 5) is 23.8. The second kappa shape index (κ2) is 8.34. The summed E-state index contributed by atoms with van der Waals surface area (Å²) in [5, 5.41) is 5.19. The van der Waals surface area contributed by atoms with Gasteiger partial charge in [0.15, 0.2) is 0 Å². The highest BCUT2D eigenvalue weighted by atomic mass is 19.1. The summed E-state index contributed by atoms with van der Waals surface area (Å²) in [5.74, 6) is -3.48. The molecule has 0 saturated carbocycles. The van der Waals surface area contributed by atoms with Gasteiger partial charge in [-0.2, -0.15) is 0 Å². The lowest BCUT2D eigenvalue weighted by Crippen LogP contribution is -2.21. The Morgan fingerprint density at radius 2 is 1.60 bits per heavy atom. The minimum Gasteiger partial charge on any atom is -0.375 e. The van der Waals surface area contributed by atoms with E-state index in [2.05, 4.69) is 10.6 Å². The van der Waals surface area contributed by atoms with Crippen LogP contribution in [0.5, 0.6) is 0 Å². The predicted octanol–water partition coefficient (Wildman–Crippen LogP) is 3.29. The van der Waals surface area contributed by atoms with Crippen molar-refractivity contribution in [1.29, 1.82) is 0 Å². The lowest BCUT2D eigenvalue weighted by Gasteiger charge is -2.15. The summed E-state index contributed by atoms with van der Waals surface area (Å²) in [6.45, 7) is 1.32. The zero-order valence-electron chi connectivity index (χ0n) is 13.8. The highest BCUT2D eigenvalue weighted by Crippen LogP contribution is 2.24. The summed E-state index contributed by atoms with van der Waals surface area (Å²) in [6.07, 6.45) is 0. The summed E-state index contributed by atoms with van der Waals surface area (Å²) in [6, 6.07) is 9.87. The molecule has 0 aliphatic carbocycles. The van der Waals surface area contributed by atoms with Crippen LogP contribution in [0.4, 0.5) is 20.2 Å². The Morgan fingerprint density at radius 1 is 1.04 bits per heavy atom. The molecule has 2 N–H and O–H groups in total. The number of carbonyl (C=O) groups is 2. The number of ether oxygens (including phenoxy) is 1. The van der Waals surface area contributed by atoms with Crippen LogP contribution in [0.25, 0.3) is 0 Å². The van der Waals surface area contributed by atoms with Gasteiger partial charge < -0.3 is 15.4 Å². The fourth-order valence-electron chi connectivity index (χ4n) is 2.31. The van der Waals surface area contributed by atoms with E-state index in [4.69, 9.17) is 4.74 Å². The lowest BCUT2D eigenvalue weighted by atomic mass is 9.99. The average Bonchev–Trinajstić information content (AvgIpc) is 2.55. The normalized spacial score (nSPS) is 11.7. The smallest absolute Gasteiger partial charge is 0.250 e. The molecule has 0 spiro atoms. The molecule has 2 amide bonds. The SMILES string of the molecule is COCC(=O)Nc1cccc(NC(=O)[C@H](C)c2c(F)cccc2F)c1. The van der Waals surface area contributed by atoms with Gasteiger partial charge in [0.1, 0.15) is 18.2 Å². The number of halogens is 2. The van der Waals surface area contributed by atoms with E-state index in [1.165, 1.54) is 26.2 Å². The van der Waals surface area contributed by atoms with Crippen molar-refractivity contribution in [3.63, 3.8) is 0 Å². The molecule has 0 fully saturated rings. The molecule has 0 heterocycles. The third-order valence-corrected chi connectivity index (χ3v) is 3.52. The Bertz CT molecular complexity index is 760. The number of amides is 2. The van der Waals surface area contributed by atoms with Crippen LogP contribution < -0.4 is 10.6 Å². The Kier molecular flexibility index (Phi) is 6.19. The van der Waals surface area contributed by atoms with Crippen molar-refractivity contribution in [3.05, 3.63) is 59.7 Å². The van der Waals surface area contributed by atoms with E-state index in [1.807, 2.05) is 0 Å². The molecule has 1 atom stereocenters. The first kappa shape index (κ1) is 18.5. The maximum absolute atomic E-state index is 13.8. The van der Waals surface area contributed by atoms with Gasteiger partial charge in [-0.25, -0.2) is 8.78 Å². The summed E-state index contributed by atoms with van der Waals surface area (Å²) in [5.41, 5.74) is 0.568. The van der Waals surface area contributed by atoms with Crippen LogP contribution in [0.2, 0.25) is 0 Å². The van der Waals surface area contributed by atoms with Gasteiger partial charge in [0.2, 0.25) is 11.8 Å². The number of methoxy groups -OCH3 is 1. The van der Waals surface area contributed by atoms with Crippen LogP contribution in [0.1, 0.15) is 18.4 Å². The maximum atomic E-state index is 13.8. The van der Waals surface area contributed by atoms with Gasteiger partial charge in [0.25, 0.3) is 0 Å². The van der Waals surface area contributed by atoms with Crippen molar-refractivity contribution in [2.24, 2.45) is 0 Å². The number of anilines is 2. The summed E-state index contributed by atoms with van der Waals surface area (Å²) in [7, 11) is 1.40. The highest BCUT2D eigenvalue weighted by molar-refractivity contribution is 5.97. The van der Waals surface area contributed by atoms with Crippen LogP contribution in [0.15, 0.2) is 42.5 Å². The van der Waals surface area contributed by atoms with Crippen molar-refractivity contribution >= 4 is 23.2 Å². The zero-order chi connectivity index (χ0) is 18.4. The van der Waals surface area contributed by atoms with Gasteiger partial charge in [0, 0.05) is 24.0 Å². The van der Waals surface area contributed by atoms with E-state index in [-0.39, 0.29) is 18.1 Å². The topological polar surface area (TPSA) is 67.4 Å². The molecule has 0 aliphatic rings. The van der Waals surface area contributed by atoms with Crippen LogP contribution >= 0.6 is 0 Å². The van der Waals surface area contributed by atoms with E-state index in [0.717, 1.165) is 12.1 Å². The first-order chi connectivity index (χ1) is 11.9. The fraction of sp³-hybridized carbons (Fsp3) is 0.222. The number of nitrogens with one attached hydrogen (secondary N) is 2. The van der Waals surface area contributed by atoms with E-state index >= 15 is 0 Å². The van der Waals surface area contributed by atoms with Crippen molar-refractivity contribution in [2.45, 2.75) is 12.8 Å². The molecule has 0 aromatic heterocycles. The van der Waals surface area contributed by atoms with Crippen molar-refractivity contribution < 1.29 is 23.1 Å². The molecule has 2 aromatic carbocycles. The van der Waals surface area contributed by atoms with Crippen LogP contribution in [-0.2, 0) is 14.3 Å². The lowest BCUT2D eigenvalue weighted by molar-refractivity contribution is -0.119. The molecule has 2 rings (SSSR count). The Morgan fingerprint density at radius 3 is 2.20 bits per heavy atom. The van der Waals surface area contributed by atoms with Gasteiger partial charge >= 0.3 is 0 Å². The maximum Gasteiger partial charge on any atom is 0.250 e.